The fourth-order valence-corrected chi connectivity index (χ4v) is 2.34. The van der Waals surface area contributed by atoms with E-state index in [-0.39, 0.29) is 0 Å². The third-order valence-electron chi connectivity index (χ3n) is 3.34. The molecule has 0 atom stereocenters. The van der Waals surface area contributed by atoms with Crippen LogP contribution in [-0.4, -0.2) is 18.6 Å². The van der Waals surface area contributed by atoms with Gasteiger partial charge in [0, 0.05) is 24.8 Å². The Morgan fingerprint density at radius 2 is 2.15 bits per heavy atom. The summed E-state index contributed by atoms with van der Waals surface area (Å²) in [6.07, 6.45) is 1.71. The lowest BCUT2D eigenvalue weighted by molar-refractivity contribution is 0.506. The monoisotopic (exact) mass is 273 g/mol. The van der Waals surface area contributed by atoms with Gasteiger partial charge in [-0.2, -0.15) is 0 Å². The summed E-state index contributed by atoms with van der Waals surface area (Å²) in [5.41, 5.74) is 3.58. The second kappa shape index (κ2) is 6.57. The topological polar surface area (TPSA) is 41.3 Å². The van der Waals surface area contributed by atoms with E-state index in [0.29, 0.717) is 0 Å². The van der Waals surface area contributed by atoms with Crippen molar-refractivity contribution in [3.8, 4) is 0 Å². The third-order valence-corrected chi connectivity index (χ3v) is 3.34. The van der Waals surface area contributed by atoms with Gasteiger partial charge in [0.2, 0.25) is 0 Å². The molecule has 2 aromatic rings. The Kier molecular flexibility index (Phi) is 4.79. The van der Waals surface area contributed by atoms with E-state index in [4.69, 9.17) is 9.40 Å². The van der Waals surface area contributed by atoms with Crippen molar-refractivity contribution in [2.45, 2.75) is 33.9 Å². The molecule has 0 aromatic carbocycles. The van der Waals surface area contributed by atoms with Crippen molar-refractivity contribution in [2.75, 3.05) is 18.5 Å². The summed E-state index contributed by atoms with van der Waals surface area (Å²) in [6.45, 7) is 8.81. The van der Waals surface area contributed by atoms with Crippen LogP contribution in [0.5, 0.6) is 0 Å². The van der Waals surface area contributed by atoms with Gasteiger partial charge >= 0.3 is 0 Å². The lowest BCUT2D eigenvalue weighted by Gasteiger charge is -2.22. The molecule has 0 aliphatic rings. The van der Waals surface area contributed by atoms with E-state index in [1.165, 1.54) is 11.1 Å². The summed E-state index contributed by atoms with van der Waals surface area (Å²) in [5, 5.41) is 3.39. The fraction of sp³-hybridized carbons (Fsp3) is 0.438. The first kappa shape index (κ1) is 14.6. The summed E-state index contributed by atoms with van der Waals surface area (Å²) in [6, 6.07) is 6.04. The van der Waals surface area contributed by atoms with E-state index in [1.807, 2.05) is 19.1 Å². The second-order valence-electron chi connectivity index (χ2n) is 5.10. The Balaban J connectivity index is 2.27. The molecule has 0 radical (unpaired) electrons. The smallest absolute Gasteiger partial charge is 0.133 e. The normalized spacial score (nSPS) is 10.8. The van der Waals surface area contributed by atoms with Crippen LogP contribution < -0.4 is 10.2 Å². The molecule has 108 valence electrons. The predicted octanol–water partition coefficient (Wildman–Crippen LogP) is 3.04. The van der Waals surface area contributed by atoms with Gasteiger partial charge in [-0.3, -0.25) is 0 Å². The molecule has 0 spiro atoms. The zero-order valence-electron chi connectivity index (χ0n) is 12.7. The van der Waals surface area contributed by atoms with Crippen molar-refractivity contribution in [2.24, 2.45) is 0 Å². The average molecular weight is 273 g/mol. The van der Waals surface area contributed by atoms with Crippen molar-refractivity contribution < 1.29 is 4.42 Å². The number of hydrogen-bond donors (Lipinski definition) is 1. The SMILES string of the molecule is CCNCc1c(C)cc(C)nc1N(C)Cc1ccco1. The minimum Gasteiger partial charge on any atom is -0.467 e. The number of nitrogens with zero attached hydrogens (tertiary/aromatic N) is 2. The third kappa shape index (κ3) is 3.39. The Morgan fingerprint density at radius 3 is 2.80 bits per heavy atom. The molecular weight excluding hydrogens is 250 g/mol. The van der Waals surface area contributed by atoms with Crippen LogP contribution in [0.1, 0.15) is 29.5 Å². The largest absolute Gasteiger partial charge is 0.467 e. The lowest BCUT2D eigenvalue weighted by Crippen LogP contribution is -2.23. The van der Waals surface area contributed by atoms with Crippen molar-refractivity contribution in [3.05, 3.63) is 47.0 Å². The quantitative estimate of drug-likeness (QED) is 0.878. The highest BCUT2D eigenvalue weighted by Gasteiger charge is 2.13. The van der Waals surface area contributed by atoms with Gasteiger partial charge in [-0.25, -0.2) is 4.98 Å². The maximum absolute atomic E-state index is 5.42. The van der Waals surface area contributed by atoms with Gasteiger partial charge in [0.15, 0.2) is 0 Å². The Hall–Kier alpha value is -1.81. The summed E-state index contributed by atoms with van der Waals surface area (Å²) in [7, 11) is 2.05. The molecule has 2 aromatic heterocycles. The zero-order chi connectivity index (χ0) is 14.5. The summed E-state index contributed by atoms with van der Waals surface area (Å²) >= 11 is 0. The van der Waals surface area contributed by atoms with E-state index in [1.54, 1.807) is 6.26 Å². The Bertz CT molecular complexity index is 549. The summed E-state index contributed by atoms with van der Waals surface area (Å²) in [5.74, 6) is 1.97. The highest BCUT2D eigenvalue weighted by molar-refractivity contribution is 5.51. The molecule has 2 rings (SSSR count). The number of hydrogen-bond acceptors (Lipinski definition) is 4. The number of nitrogens with one attached hydrogen (secondary N) is 1. The Labute approximate surface area is 120 Å². The number of aryl methyl sites for hydroxylation is 2. The van der Waals surface area contributed by atoms with Crippen LogP contribution in [0.4, 0.5) is 5.82 Å². The Morgan fingerprint density at radius 1 is 1.35 bits per heavy atom. The first-order valence-electron chi connectivity index (χ1n) is 7.03. The van der Waals surface area contributed by atoms with Gasteiger partial charge in [-0.15, -0.1) is 0 Å². The maximum Gasteiger partial charge on any atom is 0.133 e. The first-order valence-corrected chi connectivity index (χ1v) is 7.03. The van der Waals surface area contributed by atoms with Gasteiger partial charge in [0.25, 0.3) is 0 Å². The van der Waals surface area contributed by atoms with E-state index >= 15 is 0 Å². The molecule has 0 bridgehead atoms. The molecule has 0 saturated carbocycles. The predicted molar refractivity (Wildman–Crippen MR) is 81.9 cm³/mol. The second-order valence-corrected chi connectivity index (χ2v) is 5.10. The van der Waals surface area contributed by atoms with E-state index in [0.717, 1.165) is 36.9 Å². The van der Waals surface area contributed by atoms with Crippen LogP contribution in [0.25, 0.3) is 0 Å². The van der Waals surface area contributed by atoms with Crippen LogP contribution in [0.15, 0.2) is 28.9 Å². The van der Waals surface area contributed by atoms with Crippen molar-refractivity contribution in [1.82, 2.24) is 10.3 Å². The molecule has 1 N–H and O–H groups in total. The number of anilines is 1. The van der Waals surface area contributed by atoms with Crippen LogP contribution in [0.3, 0.4) is 0 Å². The van der Waals surface area contributed by atoms with Crippen molar-refractivity contribution in [1.29, 1.82) is 0 Å². The van der Waals surface area contributed by atoms with Gasteiger partial charge in [-0.1, -0.05) is 6.92 Å². The van der Waals surface area contributed by atoms with Gasteiger partial charge in [0.05, 0.1) is 12.8 Å². The highest BCUT2D eigenvalue weighted by atomic mass is 16.3. The molecule has 0 fully saturated rings. The molecule has 0 amide bonds. The van der Waals surface area contributed by atoms with Gasteiger partial charge in [-0.05, 0) is 44.2 Å². The van der Waals surface area contributed by atoms with Gasteiger partial charge < -0.3 is 14.6 Å². The molecule has 2 heterocycles. The molecule has 0 aliphatic heterocycles. The molecule has 0 aliphatic carbocycles. The van der Waals surface area contributed by atoms with Gasteiger partial charge in [0.1, 0.15) is 11.6 Å². The molecule has 20 heavy (non-hydrogen) atoms. The number of rotatable bonds is 6. The maximum atomic E-state index is 5.42. The lowest BCUT2D eigenvalue weighted by atomic mass is 10.1. The van der Waals surface area contributed by atoms with Crippen LogP contribution in [0, 0.1) is 13.8 Å². The summed E-state index contributed by atoms with van der Waals surface area (Å²) < 4.78 is 5.42. The average Bonchev–Trinajstić information content (AvgIpc) is 2.89. The van der Waals surface area contributed by atoms with Crippen LogP contribution >= 0.6 is 0 Å². The van der Waals surface area contributed by atoms with Crippen molar-refractivity contribution >= 4 is 5.82 Å². The molecule has 0 unspecified atom stereocenters. The first-order chi connectivity index (χ1) is 9.61. The molecule has 4 heteroatoms. The number of furan rings is 1. The molecule has 0 saturated heterocycles. The summed E-state index contributed by atoms with van der Waals surface area (Å²) in [4.78, 5) is 6.86. The van der Waals surface area contributed by atoms with Crippen LogP contribution in [-0.2, 0) is 13.1 Å². The highest BCUT2D eigenvalue weighted by Crippen LogP contribution is 2.23. The van der Waals surface area contributed by atoms with Crippen molar-refractivity contribution in [3.63, 3.8) is 0 Å². The number of pyridine rings is 1. The molecule has 4 nitrogen and oxygen atoms in total. The standard InChI is InChI=1S/C16H23N3O/c1-5-17-10-15-12(2)9-13(3)18-16(15)19(4)11-14-7-6-8-20-14/h6-9,17H,5,10-11H2,1-4H3. The minimum absolute atomic E-state index is 0.724. The zero-order valence-corrected chi connectivity index (χ0v) is 12.7. The van der Waals surface area contributed by atoms with Crippen LogP contribution in [0.2, 0.25) is 0 Å². The number of aromatic nitrogens is 1. The molecular formula is C16H23N3O. The van der Waals surface area contributed by atoms with E-state index in [9.17, 15) is 0 Å². The fourth-order valence-electron chi connectivity index (χ4n) is 2.34. The minimum atomic E-state index is 0.724. The van der Waals surface area contributed by atoms with E-state index < -0.39 is 0 Å². The van der Waals surface area contributed by atoms with E-state index in [2.05, 4.69) is 37.2 Å².